The number of aromatic nitrogens is 3. The SMILES string of the molecule is Cn1cc(C(O)CNc2ncccc2[N+](=O)[O-])cn1. The van der Waals surface area contributed by atoms with Gasteiger partial charge in [-0.25, -0.2) is 4.98 Å². The minimum absolute atomic E-state index is 0.115. The molecule has 19 heavy (non-hydrogen) atoms. The second-order valence-electron chi connectivity index (χ2n) is 3.97. The summed E-state index contributed by atoms with van der Waals surface area (Å²) >= 11 is 0. The van der Waals surface area contributed by atoms with Gasteiger partial charge in [0.15, 0.2) is 0 Å². The maximum Gasteiger partial charge on any atom is 0.311 e. The molecule has 1 unspecified atom stereocenters. The van der Waals surface area contributed by atoms with Crippen molar-refractivity contribution in [3.05, 3.63) is 46.4 Å². The third kappa shape index (κ3) is 3.05. The van der Waals surface area contributed by atoms with E-state index >= 15 is 0 Å². The van der Waals surface area contributed by atoms with Crippen molar-refractivity contribution in [3.63, 3.8) is 0 Å². The second kappa shape index (κ2) is 5.44. The van der Waals surface area contributed by atoms with Gasteiger partial charge in [0.05, 0.1) is 17.2 Å². The maximum atomic E-state index is 10.8. The third-order valence-corrected chi connectivity index (χ3v) is 2.56. The number of nitrogens with one attached hydrogen (secondary N) is 1. The number of hydrogen-bond acceptors (Lipinski definition) is 6. The van der Waals surface area contributed by atoms with Gasteiger partial charge in [-0.2, -0.15) is 5.10 Å². The van der Waals surface area contributed by atoms with Crippen molar-refractivity contribution in [1.82, 2.24) is 14.8 Å². The first kappa shape index (κ1) is 13.0. The fourth-order valence-electron chi connectivity index (χ4n) is 1.60. The van der Waals surface area contributed by atoms with Gasteiger partial charge in [-0.15, -0.1) is 0 Å². The minimum Gasteiger partial charge on any atom is -0.386 e. The zero-order chi connectivity index (χ0) is 13.8. The molecule has 0 spiro atoms. The lowest BCUT2D eigenvalue weighted by Gasteiger charge is -2.10. The maximum absolute atomic E-state index is 10.8. The van der Waals surface area contributed by atoms with Crippen molar-refractivity contribution < 1.29 is 10.0 Å². The molecule has 0 saturated carbocycles. The summed E-state index contributed by atoms with van der Waals surface area (Å²) in [7, 11) is 1.74. The highest BCUT2D eigenvalue weighted by molar-refractivity contribution is 5.55. The topological polar surface area (TPSA) is 106 Å². The molecule has 2 aromatic heterocycles. The van der Waals surface area contributed by atoms with Crippen molar-refractivity contribution in [1.29, 1.82) is 0 Å². The number of rotatable bonds is 5. The minimum atomic E-state index is -0.810. The number of nitro groups is 1. The Morgan fingerprint density at radius 2 is 2.42 bits per heavy atom. The molecule has 0 saturated heterocycles. The van der Waals surface area contributed by atoms with Crippen LogP contribution >= 0.6 is 0 Å². The predicted octanol–water partition coefficient (Wildman–Crippen LogP) is 0.869. The first-order valence-electron chi connectivity index (χ1n) is 5.58. The molecule has 0 fully saturated rings. The van der Waals surface area contributed by atoms with Gasteiger partial charge < -0.3 is 10.4 Å². The molecule has 0 aliphatic heterocycles. The average Bonchev–Trinajstić information content (AvgIpc) is 2.83. The fraction of sp³-hybridized carbons (Fsp3) is 0.273. The van der Waals surface area contributed by atoms with Crippen LogP contribution in [0.1, 0.15) is 11.7 Å². The number of hydrogen-bond donors (Lipinski definition) is 2. The van der Waals surface area contributed by atoms with Gasteiger partial charge in [0.25, 0.3) is 0 Å². The molecule has 0 bridgehead atoms. The van der Waals surface area contributed by atoms with E-state index in [0.717, 1.165) is 0 Å². The number of aliphatic hydroxyl groups is 1. The number of pyridine rings is 1. The largest absolute Gasteiger partial charge is 0.386 e. The van der Waals surface area contributed by atoms with Crippen molar-refractivity contribution in [2.45, 2.75) is 6.10 Å². The van der Waals surface area contributed by atoms with Crippen LogP contribution in [-0.2, 0) is 7.05 Å². The van der Waals surface area contributed by atoms with E-state index in [4.69, 9.17) is 0 Å². The smallest absolute Gasteiger partial charge is 0.311 e. The molecule has 2 rings (SSSR count). The van der Waals surface area contributed by atoms with E-state index in [1.807, 2.05) is 0 Å². The third-order valence-electron chi connectivity index (χ3n) is 2.56. The molecular weight excluding hydrogens is 250 g/mol. The molecular formula is C11H13N5O3. The highest BCUT2D eigenvalue weighted by atomic mass is 16.6. The first-order chi connectivity index (χ1) is 9.08. The van der Waals surface area contributed by atoms with E-state index < -0.39 is 11.0 Å². The van der Waals surface area contributed by atoms with Gasteiger partial charge in [0, 0.05) is 37.6 Å². The molecule has 1 atom stereocenters. The fourth-order valence-corrected chi connectivity index (χ4v) is 1.60. The number of aryl methyl sites for hydroxylation is 1. The second-order valence-corrected chi connectivity index (χ2v) is 3.97. The first-order valence-corrected chi connectivity index (χ1v) is 5.58. The van der Waals surface area contributed by atoms with Gasteiger partial charge in [0.1, 0.15) is 0 Å². The lowest BCUT2D eigenvalue weighted by Crippen LogP contribution is -2.13. The molecule has 0 aliphatic carbocycles. The van der Waals surface area contributed by atoms with Crippen LogP contribution in [0.4, 0.5) is 11.5 Å². The number of anilines is 1. The Labute approximate surface area is 108 Å². The van der Waals surface area contributed by atoms with E-state index in [1.165, 1.54) is 18.3 Å². The van der Waals surface area contributed by atoms with Crippen LogP contribution in [0, 0.1) is 10.1 Å². The monoisotopic (exact) mass is 263 g/mol. The lowest BCUT2D eigenvalue weighted by atomic mass is 10.2. The van der Waals surface area contributed by atoms with Crippen LogP contribution in [-0.4, -0.2) is 31.3 Å². The van der Waals surface area contributed by atoms with Gasteiger partial charge in [-0.05, 0) is 6.07 Å². The van der Waals surface area contributed by atoms with E-state index in [1.54, 1.807) is 24.1 Å². The van der Waals surface area contributed by atoms with E-state index in [-0.39, 0.29) is 18.1 Å². The summed E-state index contributed by atoms with van der Waals surface area (Å²) in [4.78, 5) is 14.2. The summed E-state index contributed by atoms with van der Waals surface area (Å²) in [6, 6.07) is 2.84. The highest BCUT2D eigenvalue weighted by Gasteiger charge is 2.16. The molecule has 0 amide bonds. The average molecular weight is 263 g/mol. The van der Waals surface area contributed by atoms with Crippen LogP contribution in [0.3, 0.4) is 0 Å². The van der Waals surface area contributed by atoms with Crippen LogP contribution in [0.5, 0.6) is 0 Å². The van der Waals surface area contributed by atoms with E-state index in [2.05, 4.69) is 15.4 Å². The van der Waals surface area contributed by atoms with Crippen molar-refractivity contribution in [2.75, 3.05) is 11.9 Å². The summed E-state index contributed by atoms with van der Waals surface area (Å²) in [5, 5.41) is 27.4. The zero-order valence-corrected chi connectivity index (χ0v) is 10.2. The predicted molar refractivity (Wildman–Crippen MR) is 67.5 cm³/mol. The summed E-state index contributed by atoms with van der Waals surface area (Å²) < 4.78 is 1.57. The normalized spacial score (nSPS) is 12.1. The molecule has 0 radical (unpaired) electrons. The van der Waals surface area contributed by atoms with Gasteiger partial charge in [-0.3, -0.25) is 14.8 Å². The van der Waals surface area contributed by atoms with Crippen molar-refractivity contribution in [2.24, 2.45) is 7.05 Å². The van der Waals surface area contributed by atoms with Crippen molar-refractivity contribution >= 4 is 11.5 Å². The van der Waals surface area contributed by atoms with E-state index in [9.17, 15) is 15.2 Å². The van der Waals surface area contributed by atoms with Crippen LogP contribution in [0.25, 0.3) is 0 Å². The Kier molecular flexibility index (Phi) is 3.71. The highest BCUT2D eigenvalue weighted by Crippen LogP contribution is 2.21. The molecule has 8 nitrogen and oxygen atoms in total. The van der Waals surface area contributed by atoms with Gasteiger partial charge in [-0.1, -0.05) is 0 Å². The number of nitrogens with zero attached hydrogens (tertiary/aromatic N) is 4. The molecule has 8 heteroatoms. The summed E-state index contributed by atoms with van der Waals surface area (Å²) in [6.45, 7) is 0.115. The summed E-state index contributed by atoms with van der Waals surface area (Å²) in [6.07, 6.45) is 3.86. The number of aliphatic hydroxyl groups excluding tert-OH is 1. The molecule has 0 aliphatic rings. The molecule has 2 heterocycles. The Balaban J connectivity index is 2.05. The Bertz CT molecular complexity index is 583. The van der Waals surface area contributed by atoms with Crippen molar-refractivity contribution in [3.8, 4) is 0 Å². The van der Waals surface area contributed by atoms with Crippen LogP contribution in [0.2, 0.25) is 0 Å². The van der Waals surface area contributed by atoms with Gasteiger partial charge in [0.2, 0.25) is 5.82 Å². The quantitative estimate of drug-likeness (QED) is 0.612. The van der Waals surface area contributed by atoms with Gasteiger partial charge >= 0.3 is 5.69 Å². The van der Waals surface area contributed by atoms with Crippen LogP contribution < -0.4 is 5.32 Å². The Morgan fingerprint density at radius 3 is 3.05 bits per heavy atom. The van der Waals surface area contributed by atoms with Crippen LogP contribution in [0.15, 0.2) is 30.7 Å². The zero-order valence-electron chi connectivity index (χ0n) is 10.2. The molecule has 2 aromatic rings. The Hall–Kier alpha value is -2.48. The lowest BCUT2D eigenvalue weighted by molar-refractivity contribution is -0.384. The van der Waals surface area contributed by atoms with E-state index in [0.29, 0.717) is 5.56 Å². The molecule has 100 valence electrons. The summed E-state index contributed by atoms with van der Waals surface area (Å²) in [5.41, 5.74) is 0.509. The standard InChI is InChI=1S/C11H13N5O3/c1-15-7-8(5-14-15)10(17)6-13-11-9(16(18)19)3-2-4-12-11/h2-5,7,10,17H,6H2,1H3,(H,12,13). The Morgan fingerprint density at radius 1 is 1.63 bits per heavy atom. The molecule has 2 N–H and O–H groups in total. The molecule has 0 aromatic carbocycles. The summed E-state index contributed by atoms with van der Waals surface area (Å²) in [5.74, 6) is 0.135.